The van der Waals surface area contributed by atoms with E-state index in [0.29, 0.717) is 0 Å². The van der Waals surface area contributed by atoms with Crippen LogP contribution < -0.4 is 15.2 Å². The molecule has 4 nitrogen and oxygen atoms in total. The highest BCUT2D eigenvalue weighted by atomic mass is 16.5. The van der Waals surface area contributed by atoms with Gasteiger partial charge in [-0.05, 0) is 41.0 Å². The van der Waals surface area contributed by atoms with Crippen LogP contribution in [-0.2, 0) is 4.79 Å². The lowest BCUT2D eigenvalue weighted by molar-refractivity contribution is -0.113. The number of benzene rings is 2. The number of carbonyl (C=O) groups excluding carboxylic acids is 1. The summed E-state index contributed by atoms with van der Waals surface area (Å²) in [4.78, 5) is 11.3. The van der Waals surface area contributed by atoms with Gasteiger partial charge in [-0.1, -0.05) is 24.3 Å². The predicted octanol–water partition coefficient (Wildman–Crippen LogP) is 2.62. The largest absolute Gasteiger partial charge is 0.497 e. The number of carbonyl (C=O) groups is 1. The summed E-state index contributed by atoms with van der Waals surface area (Å²) in [6.07, 6.45) is 1.41. The summed E-state index contributed by atoms with van der Waals surface area (Å²) < 4.78 is 10.4. The molecule has 0 spiro atoms. The van der Waals surface area contributed by atoms with Gasteiger partial charge in [-0.15, -0.1) is 0 Å². The smallest absolute Gasteiger partial charge is 0.242 e. The van der Waals surface area contributed by atoms with Crippen molar-refractivity contribution in [2.45, 2.75) is 0 Å². The van der Waals surface area contributed by atoms with Crippen molar-refractivity contribution >= 4 is 11.5 Å². The fourth-order valence-corrected chi connectivity index (χ4v) is 2.04. The number of amides is 1. The molecule has 0 bridgehead atoms. The van der Waals surface area contributed by atoms with Crippen molar-refractivity contribution in [1.29, 1.82) is 0 Å². The monoisotopic (exact) mass is 283 g/mol. The van der Waals surface area contributed by atoms with E-state index in [9.17, 15) is 4.79 Å². The normalized spacial score (nSPS) is 11.0. The van der Waals surface area contributed by atoms with E-state index in [2.05, 4.69) is 0 Å². The molecule has 4 heteroatoms. The molecule has 0 radical (unpaired) electrons. The Balaban J connectivity index is 2.49. The zero-order valence-electron chi connectivity index (χ0n) is 12.0. The Labute approximate surface area is 123 Å². The number of methoxy groups -OCH3 is 2. The van der Waals surface area contributed by atoms with Crippen molar-refractivity contribution < 1.29 is 14.3 Å². The van der Waals surface area contributed by atoms with Gasteiger partial charge in [0.1, 0.15) is 11.5 Å². The Bertz CT molecular complexity index is 660. The summed E-state index contributed by atoms with van der Waals surface area (Å²) in [7, 11) is 3.21. The van der Waals surface area contributed by atoms with Crippen molar-refractivity contribution in [2.24, 2.45) is 5.73 Å². The SMILES string of the molecule is COc1ccc(/C(=C\C(N)=O)c2cccc(OC)c2)cc1. The van der Waals surface area contributed by atoms with E-state index < -0.39 is 5.91 Å². The molecule has 2 aromatic carbocycles. The van der Waals surface area contributed by atoms with Crippen molar-refractivity contribution in [2.75, 3.05) is 14.2 Å². The minimum Gasteiger partial charge on any atom is -0.497 e. The zero-order valence-corrected chi connectivity index (χ0v) is 12.0. The Kier molecular flexibility index (Phi) is 4.61. The molecule has 0 aliphatic rings. The van der Waals surface area contributed by atoms with E-state index in [0.717, 1.165) is 28.2 Å². The summed E-state index contributed by atoms with van der Waals surface area (Å²) in [5.41, 5.74) is 7.80. The molecule has 0 aliphatic carbocycles. The highest BCUT2D eigenvalue weighted by Crippen LogP contribution is 2.27. The van der Waals surface area contributed by atoms with E-state index >= 15 is 0 Å². The van der Waals surface area contributed by atoms with Gasteiger partial charge < -0.3 is 15.2 Å². The molecule has 108 valence electrons. The Morgan fingerprint density at radius 1 is 0.952 bits per heavy atom. The second-order valence-electron chi connectivity index (χ2n) is 4.42. The van der Waals surface area contributed by atoms with Gasteiger partial charge in [0.2, 0.25) is 5.91 Å². The van der Waals surface area contributed by atoms with Crippen molar-refractivity contribution in [1.82, 2.24) is 0 Å². The first-order chi connectivity index (χ1) is 10.1. The highest BCUT2D eigenvalue weighted by molar-refractivity contribution is 5.98. The van der Waals surface area contributed by atoms with E-state index in [-0.39, 0.29) is 0 Å². The van der Waals surface area contributed by atoms with Crippen molar-refractivity contribution in [3.63, 3.8) is 0 Å². The molecule has 21 heavy (non-hydrogen) atoms. The third-order valence-corrected chi connectivity index (χ3v) is 3.07. The fraction of sp³-hybridized carbons (Fsp3) is 0.118. The number of nitrogens with two attached hydrogens (primary N) is 1. The minimum atomic E-state index is -0.497. The third kappa shape index (κ3) is 3.63. The standard InChI is InChI=1S/C17H17NO3/c1-20-14-8-6-12(7-9-14)16(11-17(18)19)13-4-3-5-15(10-13)21-2/h3-11H,1-2H3,(H2,18,19)/b16-11+. The first-order valence-electron chi connectivity index (χ1n) is 6.44. The molecule has 0 aliphatic heterocycles. The maximum atomic E-state index is 11.3. The van der Waals surface area contributed by atoms with Gasteiger partial charge >= 0.3 is 0 Å². The first kappa shape index (κ1) is 14.7. The van der Waals surface area contributed by atoms with Crippen LogP contribution in [0.2, 0.25) is 0 Å². The van der Waals surface area contributed by atoms with Crippen LogP contribution in [0.4, 0.5) is 0 Å². The minimum absolute atomic E-state index is 0.497. The molecular formula is C17H17NO3. The van der Waals surface area contributed by atoms with Gasteiger partial charge in [-0.25, -0.2) is 0 Å². The van der Waals surface area contributed by atoms with Crippen LogP contribution in [0.25, 0.3) is 5.57 Å². The number of rotatable bonds is 5. The van der Waals surface area contributed by atoms with Gasteiger partial charge in [0.05, 0.1) is 14.2 Å². The van der Waals surface area contributed by atoms with Crippen LogP contribution in [0.1, 0.15) is 11.1 Å². The quantitative estimate of drug-likeness (QED) is 0.858. The molecule has 2 rings (SSSR count). The molecule has 1 amide bonds. The molecule has 0 saturated carbocycles. The maximum Gasteiger partial charge on any atom is 0.242 e. The second kappa shape index (κ2) is 6.61. The molecule has 0 aromatic heterocycles. The van der Waals surface area contributed by atoms with E-state index in [1.54, 1.807) is 14.2 Å². The predicted molar refractivity (Wildman–Crippen MR) is 82.3 cm³/mol. The third-order valence-electron chi connectivity index (χ3n) is 3.07. The number of ether oxygens (including phenoxy) is 2. The van der Waals surface area contributed by atoms with Crippen LogP contribution in [0, 0.1) is 0 Å². The summed E-state index contributed by atoms with van der Waals surface area (Å²) in [6.45, 7) is 0. The Morgan fingerprint density at radius 3 is 2.19 bits per heavy atom. The molecule has 2 N–H and O–H groups in total. The summed E-state index contributed by atoms with van der Waals surface area (Å²) >= 11 is 0. The van der Waals surface area contributed by atoms with Crippen LogP contribution in [0.3, 0.4) is 0 Å². The average molecular weight is 283 g/mol. The molecular weight excluding hydrogens is 266 g/mol. The number of hydrogen-bond acceptors (Lipinski definition) is 3. The maximum absolute atomic E-state index is 11.3. The van der Waals surface area contributed by atoms with Gasteiger partial charge in [-0.2, -0.15) is 0 Å². The van der Waals surface area contributed by atoms with Gasteiger partial charge in [0.15, 0.2) is 0 Å². The van der Waals surface area contributed by atoms with Gasteiger partial charge in [0, 0.05) is 6.08 Å². The topological polar surface area (TPSA) is 61.5 Å². The second-order valence-corrected chi connectivity index (χ2v) is 4.42. The number of hydrogen-bond donors (Lipinski definition) is 1. The zero-order chi connectivity index (χ0) is 15.2. The lowest BCUT2D eigenvalue weighted by Crippen LogP contribution is -2.07. The molecule has 0 fully saturated rings. The molecule has 0 saturated heterocycles. The molecule has 0 atom stereocenters. The molecule has 2 aromatic rings. The van der Waals surface area contributed by atoms with Crippen LogP contribution in [-0.4, -0.2) is 20.1 Å². The van der Waals surface area contributed by atoms with Crippen molar-refractivity contribution in [3.8, 4) is 11.5 Å². The van der Waals surface area contributed by atoms with Crippen LogP contribution in [0.5, 0.6) is 11.5 Å². The van der Waals surface area contributed by atoms with E-state index in [4.69, 9.17) is 15.2 Å². The lowest BCUT2D eigenvalue weighted by atomic mass is 9.97. The average Bonchev–Trinajstić information content (AvgIpc) is 2.52. The van der Waals surface area contributed by atoms with Crippen LogP contribution in [0.15, 0.2) is 54.6 Å². The van der Waals surface area contributed by atoms with Crippen molar-refractivity contribution in [3.05, 3.63) is 65.7 Å². The van der Waals surface area contributed by atoms with E-state index in [1.165, 1.54) is 6.08 Å². The summed E-state index contributed by atoms with van der Waals surface area (Å²) in [6, 6.07) is 14.9. The Hall–Kier alpha value is -2.75. The highest BCUT2D eigenvalue weighted by Gasteiger charge is 2.08. The van der Waals surface area contributed by atoms with Crippen LogP contribution >= 0.6 is 0 Å². The summed E-state index contributed by atoms with van der Waals surface area (Å²) in [5.74, 6) is 0.975. The fourth-order valence-electron chi connectivity index (χ4n) is 2.04. The van der Waals surface area contributed by atoms with Gasteiger partial charge in [0.25, 0.3) is 0 Å². The number of primary amides is 1. The summed E-state index contributed by atoms with van der Waals surface area (Å²) in [5, 5.41) is 0. The molecule has 0 unspecified atom stereocenters. The lowest BCUT2D eigenvalue weighted by Gasteiger charge is -2.10. The Morgan fingerprint density at radius 2 is 1.62 bits per heavy atom. The van der Waals surface area contributed by atoms with E-state index in [1.807, 2.05) is 48.5 Å². The molecule has 0 heterocycles. The first-order valence-corrected chi connectivity index (χ1v) is 6.44. The van der Waals surface area contributed by atoms with Gasteiger partial charge in [-0.3, -0.25) is 4.79 Å².